The Kier molecular flexibility index (Phi) is 7.82. The van der Waals surface area contributed by atoms with Crippen molar-refractivity contribution in [3.8, 4) is 0 Å². The van der Waals surface area contributed by atoms with E-state index in [-0.39, 0.29) is 6.04 Å². The van der Waals surface area contributed by atoms with E-state index in [4.69, 9.17) is 4.74 Å². The molecule has 1 aliphatic carbocycles. The number of nitrogens with one attached hydrogen (secondary N) is 2. The maximum absolute atomic E-state index is 5.11. The molecule has 2 N–H and O–H groups in total. The van der Waals surface area contributed by atoms with E-state index < -0.39 is 0 Å². The molecule has 0 aliphatic heterocycles. The topological polar surface area (TPSA) is 48.9 Å². The van der Waals surface area contributed by atoms with Crippen LogP contribution in [0.2, 0.25) is 0 Å². The highest BCUT2D eigenvalue weighted by molar-refractivity contribution is 5.79. The van der Waals surface area contributed by atoms with E-state index in [1.165, 1.54) is 25.7 Å². The van der Waals surface area contributed by atoms with Gasteiger partial charge in [-0.15, -0.1) is 0 Å². The van der Waals surface area contributed by atoms with Crippen molar-refractivity contribution < 1.29 is 4.74 Å². The molecule has 5 heteroatoms. The van der Waals surface area contributed by atoms with Gasteiger partial charge in [0.05, 0.1) is 6.61 Å². The van der Waals surface area contributed by atoms with Crippen molar-refractivity contribution in [3.05, 3.63) is 0 Å². The quantitative estimate of drug-likeness (QED) is 0.536. The van der Waals surface area contributed by atoms with Gasteiger partial charge in [0.25, 0.3) is 0 Å². The molecule has 19 heavy (non-hydrogen) atoms. The maximum Gasteiger partial charge on any atom is 0.191 e. The predicted octanol–water partition coefficient (Wildman–Crippen LogP) is 1.06. The Morgan fingerprint density at radius 3 is 2.68 bits per heavy atom. The summed E-state index contributed by atoms with van der Waals surface area (Å²) < 4.78 is 5.11. The number of methoxy groups -OCH3 is 1. The largest absolute Gasteiger partial charge is 0.383 e. The van der Waals surface area contributed by atoms with Gasteiger partial charge in [0.1, 0.15) is 0 Å². The van der Waals surface area contributed by atoms with Crippen LogP contribution in [0, 0.1) is 0 Å². The van der Waals surface area contributed by atoms with E-state index in [1.807, 2.05) is 0 Å². The second-order valence-electron chi connectivity index (χ2n) is 5.42. The molecule has 1 rings (SSSR count). The van der Waals surface area contributed by atoms with Crippen LogP contribution < -0.4 is 10.6 Å². The van der Waals surface area contributed by atoms with Crippen LogP contribution in [-0.4, -0.2) is 63.8 Å². The molecule has 0 heterocycles. The second-order valence-corrected chi connectivity index (χ2v) is 5.42. The monoisotopic (exact) mass is 270 g/mol. The third-order valence-electron chi connectivity index (χ3n) is 3.73. The van der Waals surface area contributed by atoms with Gasteiger partial charge >= 0.3 is 0 Å². The van der Waals surface area contributed by atoms with Crippen molar-refractivity contribution in [3.63, 3.8) is 0 Å². The van der Waals surface area contributed by atoms with Gasteiger partial charge in [-0.05, 0) is 26.8 Å². The van der Waals surface area contributed by atoms with Gasteiger partial charge in [0.15, 0.2) is 5.96 Å². The summed E-state index contributed by atoms with van der Waals surface area (Å²) in [4.78, 5) is 6.69. The van der Waals surface area contributed by atoms with E-state index in [9.17, 15) is 0 Å². The lowest BCUT2D eigenvalue weighted by Gasteiger charge is -2.25. The molecule has 0 saturated heterocycles. The smallest absolute Gasteiger partial charge is 0.191 e. The number of likely N-dealkylation sites (N-methyl/N-ethyl adjacent to an activating group) is 1. The van der Waals surface area contributed by atoms with Crippen LogP contribution in [0.15, 0.2) is 4.99 Å². The van der Waals surface area contributed by atoms with Crippen molar-refractivity contribution in [2.75, 3.05) is 40.9 Å². The summed E-state index contributed by atoms with van der Waals surface area (Å²) in [5.74, 6) is 0.851. The summed E-state index contributed by atoms with van der Waals surface area (Å²) in [6.07, 6.45) is 5.49. The number of hydrogen-bond acceptors (Lipinski definition) is 3. The first-order valence-electron chi connectivity index (χ1n) is 7.33. The molecule has 0 aromatic carbocycles. The van der Waals surface area contributed by atoms with Crippen molar-refractivity contribution >= 4 is 5.96 Å². The van der Waals surface area contributed by atoms with E-state index in [0.29, 0.717) is 6.61 Å². The number of aliphatic imine (C=N–C) groups is 1. The van der Waals surface area contributed by atoms with Gasteiger partial charge in [0, 0.05) is 39.3 Å². The average molecular weight is 270 g/mol. The first kappa shape index (κ1) is 16.2. The summed E-state index contributed by atoms with van der Waals surface area (Å²) in [5.41, 5.74) is 0. The third-order valence-corrected chi connectivity index (χ3v) is 3.73. The van der Waals surface area contributed by atoms with Crippen molar-refractivity contribution in [1.82, 2.24) is 15.5 Å². The van der Waals surface area contributed by atoms with Crippen molar-refractivity contribution in [2.45, 2.75) is 44.7 Å². The molecule has 0 radical (unpaired) electrons. The minimum absolute atomic E-state index is 0.267. The molecule has 1 saturated carbocycles. The maximum atomic E-state index is 5.11. The van der Waals surface area contributed by atoms with Gasteiger partial charge in [-0.1, -0.05) is 12.8 Å². The van der Waals surface area contributed by atoms with E-state index in [1.54, 1.807) is 14.2 Å². The first-order chi connectivity index (χ1) is 9.17. The van der Waals surface area contributed by atoms with Crippen LogP contribution in [0.1, 0.15) is 32.6 Å². The minimum atomic E-state index is 0.267. The molecular weight excluding hydrogens is 240 g/mol. The molecule has 1 atom stereocenters. The molecule has 0 aromatic heterocycles. The summed E-state index contributed by atoms with van der Waals surface area (Å²) in [7, 11) is 5.74. The SMILES string of the molecule is CN=C(NCCN(C)C1CCCC1)NC(C)COC. The molecule has 1 aliphatic rings. The van der Waals surface area contributed by atoms with Gasteiger partial charge in [0.2, 0.25) is 0 Å². The Morgan fingerprint density at radius 2 is 2.11 bits per heavy atom. The van der Waals surface area contributed by atoms with Crippen LogP contribution in [0.25, 0.3) is 0 Å². The molecule has 1 unspecified atom stereocenters. The number of hydrogen-bond donors (Lipinski definition) is 2. The number of rotatable bonds is 7. The highest BCUT2D eigenvalue weighted by atomic mass is 16.5. The number of nitrogens with zero attached hydrogens (tertiary/aromatic N) is 2. The van der Waals surface area contributed by atoms with E-state index >= 15 is 0 Å². The highest BCUT2D eigenvalue weighted by Crippen LogP contribution is 2.21. The molecule has 1 fully saturated rings. The number of guanidine groups is 1. The zero-order valence-electron chi connectivity index (χ0n) is 12.9. The minimum Gasteiger partial charge on any atom is -0.383 e. The Labute approximate surface area is 117 Å². The lowest BCUT2D eigenvalue weighted by atomic mass is 10.2. The Balaban J connectivity index is 2.18. The van der Waals surface area contributed by atoms with Crippen LogP contribution in [0.3, 0.4) is 0 Å². The van der Waals surface area contributed by atoms with Crippen molar-refractivity contribution in [1.29, 1.82) is 0 Å². The summed E-state index contributed by atoms with van der Waals surface area (Å²) in [5, 5.41) is 6.66. The Morgan fingerprint density at radius 1 is 1.42 bits per heavy atom. The van der Waals surface area contributed by atoms with Gasteiger partial charge in [-0.2, -0.15) is 0 Å². The summed E-state index contributed by atoms with van der Waals surface area (Å²) in [6, 6.07) is 1.05. The Bertz CT molecular complexity index is 264. The molecule has 0 bridgehead atoms. The highest BCUT2D eigenvalue weighted by Gasteiger charge is 2.18. The average Bonchev–Trinajstić information content (AvgIpc) is 2.91. The fraction of sp³-hybridized carbons (Fsp3) is 0.929. The lowest BCUT2D eigenvalue weighted by Crippen LogP contribution is -2.46. The molecule has 112 valence electrons. The van der Waals surface area contributed by atoms with E-state index in [0.717, 1.165) is 25.1 Å². The molecule has 0 amide bonds. The first-order valence-corrected chi connectivity index (χ1v) is 7.33. The van der Waals surface area contributed by atoms with Crippen LogP contribution in [0.4, 0.5) is 0 Å². The van der Waals surface area contributed by atoms with Crippen LogP contribution in [0.5, 0.6) is 0 Å². The van der Waals surface area contributed by atoms with Crippen molar-refractivity contribution in [2.24, 2.45) is 4.99 Å². The van der Waals surface area contributed by atoms with Gasteiger partial charge < -0.3 is 20.3 Å². The molecular formula is C14H30N4O. The van der Waals surface area contributed by atoms with Crippen LogP contribution >= 0.6 is 0 Å². The standard InChI is InChI=1S/C14H30N4O/c1-12(11-19-4)17-14(15-2)16-9-10-18(3)13-7-5-6-8-13/h12-13H,5-11H2,1-4H3,(H2,15,16,17). The summed E-state index contributed by atoms with van der Waals surface area (Å²) >= 11 is 0. The zero-order chi connectivity index (χ0) is 14.1. The Hall–Kier alpha value is -0.810. The molecule has 0 spiro atoms. The fourth-order valence-corrected chi connectivity index (χ4v) is 2.60. The molecule has 0 aromatic rings. The third kappa shape index (κ3) is 6.25. The second kappa shape index (κ2) is 9.15. The zero-order valence-corrected chi connectivity index (χ0v) is 12.9. The normalized spacial score (nSPS) is 18.9. The fourth-order valence-electron chi connectivity index (χ4n) is 2.60. The molecule has 5 nitrogen and oxygen atoms in total. The van der Waals surface area contributed by atoms with Gasteiger partial charge in [-0.3, -0.25) is 4.99 Å². The van der Waals surface area contributed by atoms with E-state index in [2.05, 4.69) is 34.5 Å². The van der Waals surface area contributed by atoms with Crippen LogP contribution in [-0.2, 0) is 4.74 Å². The lowest BCUT2D eigenvalue weighted by molar-refractivity contribution is 0.179. The summed E-state index contributed by atoms with van der Waals surface area (Å²) in [6.45, 7) is 4.75. The predicted molar refractivity (Wildman–Crippen MR) is 80.7 cm³/mol. The number of ether oxygens (including phenoxy) is 1. The van der Waals surface area contributed by atoms with Gasteiger partial charge in [-0.25, -0.2) is 0 Å².